The average molecular weight is 511 g/mol. The van der Waals surface area contributed by atoms with Gasteiger partial charge in [0.2, 0.25) is 10.0 Å². The molecule has 0 saturated heterocycles. The molecular formula is C25H26N4O6S. The van der Waals surface area contributed by atoms with Crippen molar-refractivity contribution in [3.05, 3.63) is 82.8 Å². The van der Waals surface area contributed by atoms with Crippen molar-refractivity contribution in [1.29, 1.82) is 5.26 Å². The van der Waals surface area contributed by atoms with E-state index >= 15 is 0 Å². The van der Waals surface area contributed by atoms with Crippen LogP contribution in [0.2, 0.25) is 0 Å². The number of ether oxygens (including phenoxy) is 2. The minimum absolute atomic E-state index is 0.00119. The summed E-state index contributed by atoms with van der Waals surface area (Å²) in [4.78, 5) is 27.3. The molecular weight excluding hydrogens is 484 g/mol. The molecule has 0 bridgehead atoms. The van der Waals surface area contributed by atoms with E-state index in [1.54, 1.807) is 30.3 Å². The summed E-state index contributed by atoms with van der Waals surface area (Å²) in [6.07, 6.45) is 0.621. The molecule has 1 atom stereocenters. The van der Waals surface area contributed by atoms with Crippen LogP contribution in [0.1, 0.15) is 24.8 Å². The zero-order chi connectivity index (χ0) is 26.5. The van der Waals surface area contributed by atoms with Gasteiger partial charge in [-0.25, -0.2) is 22.7 Å². The van der Waals surface area contributed by atoms with Gasteiger partial charge < -0.3 is 15.2 Å². The van der Waals surface area contributed by atoms with Crippen molar-refractivity contribution < 1.29 is 27.5 Å². The van der Waals surface area contributed by atoms with Crippen LogP contribution in [0.3, 0.4) is 0 Å². The second-order valence-electron chi connectivity index (χ2n) is 7.73. The number of hydrogen-bond acceptors (Lipinski definition) is 9. The molecule has 0 aliphatic carbocycles. The summed E-state index contributed by atoms with van der Waals surface area (Å²) >= 11 is 0. The van der Waals surface area contributed by atoms with Crippen LogP contribution in [-0.2, 0) is 29.1 Å². The van der Waals surface area contributed by atoms with Gasteiger partial charge in [0.25, 0.3) is 0 Å². The van der Waals surface area contributed by atoms with Crippen LogP contribution in [0.25, 0.3) is 0 Å². The topological polar surface area (TPSA) is 152 Å². The Kier molecular flexibility index (Phi) is 8.14. The molecule has 0 radical (unpaired) electrons. The first-order valence-corrected chi connectivity index (χ1v) is 12.4. The summed E-state index contributed by atoms with van der Waals surface area (Å²) in [6, 6.07) is 16.2. The van der Waals surface area contributed by atoms with E-state index in [0.717, 1.165) is 14.2 Å². The van der Waals surface area contributed by atoms with Crippen molar-refractivity contribution in [3.63, 3.8) is 0 Å². The van der Waals surface area contributed by atoms with Gasteiger partial charge in [0, 0.05) is 12.2 Å². The fraction of sp³-hybridized carbons (Fsp3) is 0.240. The number of carbonyl (C=O) groups excluding carboxylic acids is 2. The number of nitrogens with zero attached hydrogens (tertiary/aromatic N) is 2. The van der Waals surface area contributed by atoms with Crippen molar-refractivity contribution >= 4 is 27.6 Å². The molecule has 1 heterocycles. The van der Waals surface area contributed by atoms with Crippen molar-refractivity contribution in [2.45, 2.75) is 24.2 Å². The summed E-state index contributed by atoms with van der Waals surface area (Å²) < 4.78 is 37.4. The van der Waals surface area contributed by atoms with Crippen LogP contribution in [-0.4, -0.2) is 41.1 Å². The van der Waals surface area contributed by atoms with Crippen LogP contribution < -0.4 is 15.4 Å². The first kappa shape index (κ1) is 26.5. The molecule has 0 fully saturated rings. The van der Waals surface area contributed by atoms with E-state index < -0.39 is 27.9 Å². The molecule has 3 N–H and O–H groups in total. The summed E-state index contributed by atoms with van der Waals surface area (Å²) in [7, 11) is -1.44. The summed E-state index contributed by atoms with van der Waals surface area (Å²) in [5.41, 5.74) is 6.84. The Labute approximate surface area is 209 Å². The number of benzene rings is 2. The van der Waals surface area contributed by atoms with Crippen LogP contribution in [0.15, 0.2) is 82.2 Å². The van der Waals surface area contributed by atoms with Gasteiger partial charge in [-0.1, -0.05) is 37.3 Å². The first-order valence-electron chi connectivity index (χ1n) is 11.0. The normalized spacial score (nSPS) is 15.9. The number of nitrogens with two attached hydrogens (primary N) is 1. The Hall–Kier alpha value is -4.14. The largest absolute Gasteiger partial charge is 0.466 e. The van der Waals surface area contributed by atoms with E-state index in [9.17, 15) is 23.3 Å². The third-order valence-electron chi connectivity index (χ3n) is 5.56. The van der Waals surface area contributed by atoms with Gasteiger partial charge >= 0.3 is 11.9 Å². The average Bonchev–Trinajstić information content (AvgIpc) is 2.90. The third kappa shape index (κ3) is 4.95. The SMILES string of the molecule is CCCNS(=O)(=O)c1ccc(N2C(N)=C(C#N)C(c3ccccc3)C(C(=O)OC)=C2C(=O)OC)cc1. The molecule has 1 aliphatic rings. The van der Waals surface area contributed by atoms with E-state index in [1.165, 1.54) is 29.2 Å². The van der Waals surface area contributed by atoms with Gasteiger partial charge in [0.15, 0.2) is 0 Å². The number of methoxy groups -OCH3 is 2. The first-order chi connectivity index (χ1) is 17.2. The maximum absolute atomic E-state index is 13.0. The fourth-order valence-electron chi connectivity index (χ4n) is 3.88. The van der Waals surface area contributed by atoms with Crippen LogP contribution >= 0.6 is 0 Å². The van der Waals surface area contributed by atoms with Crippen molar-refractivity contribution in [1.82, 2.24) is 4.72 Å². The number of carbonyl (C=O) groups is 2. The smallest absolute Gasteiger partial charge is 0.355 e. The number of allylic oxidation sites excluding steroid dienone is 1. The third-order valence-corrected chi connectivity index (χ3v) is 7.03. The Bertz CT molecular complexity index is 1360. The Morgan fingerprint density at radius 3 is 2.19 bits per heavy atom. The predicted octanol–water partition coefficient (Wildman–Crippen LogP) is 2.27. The van der Waals surface area contributed by atoms with Crippen molar-refractivity contribution in [2.75, 3.05) is 25.7 Å². The number of sulfonamides is 1. The lowest BCUT2D eigenvalue weighted by Gasteiger charge is -2.35. The lowest BCUT2D eigenvalue weighted by atomic mass is 9.81. The monoisotopic (exact) mass is 510 g/mol. The van der Waals surface area contributed by atoms with Gasteiger partial charge in [-0.3, -0.25) is 4.90 Å². The van der Waals surface area contributed by atoms with E-state index in [0.29, 0.717) is 12.0 Å². The molecule has 36 heavy (non-hydrogen) atoms. The number of nitriles is 1. The maximum atomic E-state index is 13.0. The lowest BCUT2D eigenvalue weighted by Crippen LogP contribution is -2.40. The molecule has 188 valence electrons. The number of rotatable bonds is 8. The van der Waals surface area contributed by atoms with E-state index in [4.69, 9.17) is 15.2 Å². The standard InChI is InChI=1S/C25H26N4O6S/c1-4-14-28-36(32,33)18-12-10-17(11-13-18)29-22(25(31)35-3)21(24(30)34-2)20(19(15-26)23(29)27)16-8-6-5-7-9-16/h5-13,20,28H,4,14,27H2,1-3H3. The van der Waals surface area contributed by atoms with Crippen molar-refractivity contribution in [2.24, 2.45) is 5.73 Å². The van der Waals surface area contributed by atoms with E-state index in [2.05, 4.69) is 10.8 Å². The van der Waals surface area contributed by atoms with Crippen molar-refractivity contribution in [3.8, 4) is 6.07 Å². The summed E-state index contributed by atoms with van der Waals surface area (Å²) in [5.74, 6) is -2.85. The van der Waals surface area contributed by atoms with E-state index in [-0.39, 0.29) is 39.8 Å². The van der Waals surface area contributed by atoms with Gasteiger partial charge in [-0.2, -0.15) is 5.26 Å². The minimum Gasteiger partial charge on any atom is -0.466 e. The zero-order valence-corrected chi connectivity index (χ0v) is 20.8. The highest BCUT2D eigenvalue weighted by atomic mass is 32.2. The highest BCUT2D eigenvalue weighted by molar-refractivity contribution is 7.89. The Balaban J connectivity index is 2.27. The van der Waals surface area contributed by atoms with Crippen LogP contribution in [0, 0.1) is 11.3 Å². The second-order valence-corrected chi connectivity index (χ2v) is 9.49. The number of hydrogen-bond donors (Lipinski definition) is 2. The predicted molar refractivity (Wildman–Crippen MR) is 131 cm³/mol. The molecule has 2 aromatic carbocycles. The summed E-state index contributed by atoms with van der Waals surface area (Å²) in [5, 5.41) is 10.1. The van der Waals surface area contributed by atoms with Gasteiger partial charge in [0.1, 0.15) is 11.5 Å². The molecule has 2 aromatic rings. The number of nitrogens with one attached hydrogen (secondary N) is 1. The quantitative estimate of drug-likeness (QED) is 0.509. The molecule has 0 aromatic heterocycles. The molecule has 10 nitrogen and oxygen atoms in total. The van der Waals surface area contributed by atoms with E-state index in [1.807, 2.05) is 6.92 Å². The molecule has 0 spiro atoms. The summed E-state index contributed by atoms with van der Waals surface area (Å²) in [6.45, 7) is 2.11. The van der Waals surface area contributed by atoms with Gasteiger partial charge in [-0.05, 0) is 36.2 Å². The Morgan fingerprint density at radius 1 is 1.06 bits per heavy atom. The van der Waals surface area contributed by atoms with Crippen LogP contribution in [0.4, 0.5) is 5.69 Å². The molecule has 3 rings (SSSR count). The second kappa shape index (κ2) is 11.1. The molecule has 1 unspecified atom stereocenters. The number of esters is 2. The zero-order valence-electron chi connectivity index (χ0n) is 20.0. The fourth-order valence-corrected chi connectivity index (χ4v) is 5.01. The van der Waals surface area contributed by atoms with Crippen LogP contribution in [0.5, 0.6) is 0 Å². The molecule has 1 aliphatic heterocycles. The number of anilines is 1. The molecule has 0 saturated carbocycles. The maximum Gasteiger partial charge on any atom is 0.355 e. The highest BCUT2D eigenvalue weighted by Crippen LogP contribution is 2.43. The molecule has 11 heteroatoms. The Morgan fingerprint density at radius 2 is 1.67 bits per heavy atom. The lowest BCUT2D eigenvalue weighted by molar-refractivity contribution is -0.139. The molecule has 0 amide bonds. The van der Waals surface area contributed by atoms with Gasteiger partial charge in [0.05, 0.1) is 42.2 Å². The van der Waals surface area contributed by atoms with Gasteiger partial charge in [-0.15, -0.1) is 0 Å². The minimum atomic E-state index is -3.75. The highest BCUT2D eigenvalue weighted by Gasteiger charge is 2.43.